The van der Waals surface area contributed by atoms with Gasteiger partial charge in [0.1, 0.15) is 5.82 Å². The monoisotopic (exact) mass is 359 g/mol. The van der Waals surface area contributed by atoms with E-state index >= 15 is 0 Å². The van der Waals surface area contributed by atoms with Gasteiger partial charge in [-0.1, -0.05) is 5.16 Å². The van der Waals surface area contributed by atoms with E-state index in [0.717, 1.165) is 43.9 Å². The summed E-state index contributed by atoms with van der Waals surface area (Å²) in [5.41, 5.74) is 0.753. The molecule has 4 heterocycles. The van der Waals surface area contributed by atoms with Crippen molar-refractivity contribution < 1.29 is 18.8 Å². The van der Waals surface area contributed by atoms with E-state index in [1.54, 1.807) is 12.3 Å². The Hall–Kier alpha value is -2.52. The maximum absolute atomic E-state index is 12.2. The minimum absolute atomic E-state index is 0.0530. The predicted octanol–water partition coefficient (Wildman–Crippen LogP) is 0.877. The van der Waals surface area contributed by atoms with Gasteiger partial charge in [0, 0.05) is 38.0 Å². The lowest BCUT2D eigenvalue weighted by Gasteiger charge is -2.27. The minimum atomic E-state index is -0.387. The van der Waals surface area contributed by atoms with E-state index in [1.807, 2.05) is 6.07 Å². The van der Waals surface area contributed by atoms with Crippen LogP contribution in [0.5, 0.6) is 0 Å². The average Bonchev–Trinajstić information content (AvgIpc) is 3.39. The first-order chi connectivity index (χ1) is 12.8. The number of morpholine rings is 1. The van der Waals surface area contributed by atoms with Crippen molar-refractivity contribution in [3.8, 4) is 11.4 Å². The van der Waals surface area contributed by atoms with Gasteiger partial charge in [-0.25, -0.2) is 4.98 Å². The van der Waals surface area contributed by atoms with Crippen molar-refractivity contribution in [1.82, 2.24) is 20.4 Å². The molecule has 0 aromatic carbocycles. The van der Waals surface area contributed by atoms with Gasteiger partial charge in [-0.15, -0.1) is 0 Å². The Morgan fingerprint density at radius 1 is 1.31 bits per heavy atom. The normalized spacial score (nSPS) is 20.3. The molecule has 9 nitrogen and oxygen atoms in total. The molecular formula is C17H21N5O4. The fraction of sp³-hybridized carbons (Fsp3) is 0.529. The van der Waals surface area contributed by atoms with Crippen LogP contribution in [0.25, 0.3) is 11.4 Å². The molecule has 0 radical (unpaired) electrons. The van der Waals surface area contributed by atoms with E-state index in [9.17, 15) is 4.79 Å². The predicted molar refractivity (Wildman–Crippen MR) is 91.9 cm³/mol. The van der Waals surface area contributed by atoms with Gasteiger partial charge in [-0.05, 0) is 25.0 Å². The molecule has 0 bridgehead atoms. The zero-order chi connectivity index (χ0) is 17.8. The number of anilines is 1. The Morgan fingerprint density at radius 2 is 2.19 bits per heavy atom. The molecule has 0 saturated carbocycles. The van der Waals surface area contributed by atoms with Crippen molar-refractivity contribution in [2.45, 2.75) is 18.9 Å². The largest absolute Gasteiger partial charge is 0.378 e. The number of nitrogens with zero attached hydrogens (tertiary/aromatic N) is 4. The molecule has 0 aliphatic carbocycles. The Kier molecular flexibility index (Phi) is 5.07. The zero-order valence-corrected chi connectivity index (χ0v) is 14.4. The summed E-state index contributed by atoms with van der Waals surface area (Å²) in [4.78, 5) is 22.9. The fourth-order valence-electron chi connectivity index (χ4n) is 3.04. The van der Waals surface area contributed by atoms with Gasteiger partial charge in [0.2, 0.25) is 5.82 Å². The van der Waals surface area contributed by atoms with E-state index in [0.29, 0.717) is 25.6 Å². The van der Waals surface area contributed by atoms with E-state index in [2.05, 4.69) is 25.3 Å². The van der Waals surface area contributed by atoms with Gasteiger partial charge in [-0.3, -0.25) is 4.79 Å². The lowest BCUT2D eigenvalue weighted by Crippen LogP contribution is -2.36. The molecule has 9 heteroatoms. The number of ether oxygens (including phenoxy) is 2. The standard InChI is InChI=1S/C17H21N5O4/c23-16(19-11-13-2-1-7-25-13)17-20-15(21-26-17)12-3-4-18-14(10-12)22-5-8-24-9-6-22/h3-4,10,13H,1-2,5-9,11H2,(H,19,23). The van der Waals surface area contributed by atoms with Gasteiger partial charge in [0.15, 0.2) is 0 Å². The van der Waals surface area contributed by atoms with Gasteiger partial charge < -0.3 is 24.2 Å². The molecule has 2 saturated heterocycles. The first-order valence-corrected chi connectivity index (χ1v) is 8.82. The molecule has 2 fully saturated rings. The number of rotatable bonds is 5. The Balaban J connectivity index is 1.42. The van der Waals surface area contributed by atoms with Crippen LogP contribution in [0.15, 0.2) is 22.9 Å². The highest BCUT2D eigenvalue weighted by Gasteiger charge is 2.21. The van der Waals surface area contributed by atoms with Crippen molar-refractivity contribution in [3.05, 3.63) is 24.2 Å². The molecule has 0 spiro atoms. The van der Waals surface area contributed by atoms with Gasteiger partial charge in [0.05, 0.1) is 19.3 Å². The molecule has 2 aromatic heterocycles. The maximum atomic E-state index is 12.2. The first-order valence-electron chi connectivity index (χ1n) is 8.82. The molecule has 2 aliphatic rings. The quantitative estimate of drug-likeness (QED) is 0.839. The van der Waals surface area contributed by atoms with Crippen molar-refractivity contribution >= 4 is 11.7 Å². The average molecular weight is 359 g/mol. The summed E-state index contributed by atoms with van der Waals surface area (Å²) in [7, 11) is 0. The minimum Gasteiger partial charge on any atom is -0.378 e. The van der Waals surface area contributed by atoms with E-state index < -0.39 is 0 Å². The zero-order valence-electron chi connectivity index (χ0n) is 14.4. The third-order valence-corrected chi connectivity index (χ3v) is 4.47. The van der Waals surface area contributed by atoms with Gasteiger partial charge in [0.25, 0.3) is 0 Å². The second-order valence-corrected chi connectivity index (χ2v) is 6.27. The smallest absolute Gasteiger partial charge is 0.316 e. The summed E-state index contributed by atoms with van der Waals surface area (Å²) in [6.07, 6.45) is 3.75. The van der Waals surface area contributed by atoms with E-state index in [1.165, 1.54) is 0 Å². The topological polar surface area (TPSA) is 103 Å². The molecular weight excluding hydrogens is 338 g/mol. The Morgan fingerprint density at radius 3 is 3.00 bits per heavy atom. The Labute approximate surface area is 150 Å². The van der Waals surface area contributed by atoms with Crippen molar-refractivity contribution in [1.29, 1.82) is 0 Å². The summed E-state index contributed by atoms with van der Waals surface area (Å²) in [5, 5.41) is 6.70. The lowest BCUT2D eigenvalue weighted by molar-refractivity contribution is 0.0822. The van der Waals surface area contributed by atoms with Gasteiger partial charge in [-0.2, -0.15) is 4.98 Å². The van der Waals surface area contributed by atoms with Crippen molar-refractivity contribution in [2.75, 3.05) is 44.4 Å². The summed E-state index contributed by atoms with van der Waals surface area (Å²) in [6, 6.07) is 3.69. The second kappa shape index (κ2) is 7.79. The summed E-state index contributed by atoms with van der Waals surface area (Å²) in [6.45, 7) is 4.15. The molecule has 2 aliphatic heterocycles. The third kappa shape index (κ3) is 3.83. The number of aromatic nitrogens is 3. The number of nitrogens with one attached hydrogen (secondary N) is 1. The van der Waals surface area contributed by atoms with Crippen LogP contribution < -0.4 is 10.2 Å². The highest BCUT2D eigenvalue weighted by molar-refractivity contribution is 5.89. The first kappa shape index (κ1) is 16.9. The highest BCUT2D eigenvalue weighted by Crippen LogP contribution is 2.21. The van der Waals surface area contributed by atoms with Crippen LogP contribution in [0.2, 0.25) is 0 Å². The summed E-state index contributed by atoms with van der Waals surface area (Å²) < 4.78 is 16.0. The second-order valence-electron chi connectivity index (χ2n) is 6.27. The number of pyridine rings is 1. The number of carbonyl (C=O) groups is 1. The van der Waals surface area contributed by atoms with Gasteiger partial charge >= 0.3 is 11.8 Å². The van der Waals surface area contributed by atoms with E-state index in [-0.39, 0.29) is 17.9 Å². The molecule has 4 rings (SSSR count). The molecule has 1 unspecified atom stereocenters. The van der Waals surface area contributed by atoms with E-state index in [4.69, 9.17) is 14.0 Å². The van der Waals surface area contributed by atoms with Crippen LogP contribution in [0.1, 0.15) is 23.5 Å². The van der Waals surface area contributed by atoms with Crippen LogP contribution in [-0.2, 0) is 9.47 Å². The number of hydrogen-bond donors (Lipinski definition) is 1. The molecule has 26 heavy (non-hydrogen) atoms. The van der Waals surface area contributed by atoms with Crippen LogP contribution in [-0.4, -0.2) is 66.6 Å². The summed E-state index contributed by atoms with van der Waals surface area (Å²) >= 11 is 0. The van der Waals surface area contributed by atoms with Crippen LogP contribution in [0, 0.1) is 0 Å². The molecule has 2 aromatic rings. The van der Waals surface area contributed by atoms with Crippen molar-refractivity contribution in [2.24, 2.45) is 0 Å². The fourth-order valence-corrected chi connectivity index (χ4v) is 3.04. The van der Waals surface area contributed by atoms with Crippen molar-refractivity contribution in [3.63, 3.8) is 0 Å². The highest BCUT2D eigenvalue weighted by atomic mass is 16.5. The number of carbonyl (C=O) groups excluding carboxylic acids is 1. The number of hydrogen-bond acceptors (Lipinski definition) is 8. The third-order valence-electron chi connectivity index (χ3n) is 4.47. The molecule has 1 amide bonds. The molecule has 1 N–H and O–H groups in total. The molecule has 1 atom stereocenters. The Bertz CT molecular complexity index is 753. The van der Waals surface area contributed by atoms with Crippen LogP contribution in [0.4, 0.5) is 5.82 Å². The lowest BCUT2D eigenvalue weighted by atomic mass is 10.2. The van der Waals surface area contributed by atoms with Crippen LogP contribution in [0.3, 0.4) is 0 Å². The SMILES string of the molecule is O=C(NCC1CCCO1)c1nc(-c2ccnc(N3CCOCC3)c2)no1. The number of amides is 1. The maximum Gasteiger partial charge on any atom is 0.316 e. The summed E-state index contributed by atoms with van der Waals surface area (Å²) in [5.74, 6) is 0.758. The molecule has 138 valence electrons. The van der Waals surface area contributed by atoms with Crippen LogP contribution >= 0.6 is 0 Å².